The SMILES string of the molecule is CCC(N)c1ccc(SCCCOC)cc1. The van der Waals surface area contributed by atoms with Gasteiger partial charge in [-0.2, -0.15) is 0 Å². The van der Waals surface area contributed by atoms with E-state index in [4.69, 9.17) is 10.5 Å². The van der Waals surface area contributed by atoms with Crippen molar-refractivity contribution in [3.05, 3.63) is 29.8 Å². The average Bonchev–Trinajstić information content (AvgIpc) is 2.34. The largest absolute Gasteiger partial charge is 0.385 e. The lowest BCUT2D eigenvalue weighted by molar-refractivity contribution is 0.200. The third-order valence-electron chi connectivity index (χ3n) is 2.51. The minimum atomic E-state index is 0.174. The van der Waals surface area contributed by atoms with Crippen molar-refractivity contribution in [1.82, 2.24) is 0 Å². The highest BCUT2D eigenvalue weighted by atomic mass is 32.2. The first-order chi connectivity index (χ1) is 7.77. The molecule has 1 atom stereocenters. The number of hydrogen-bond donors (Lipinski definition) is 1. The summed E-state index contributed by atoms with van der Waals surface area (Å²) in [6.45, 7) is 2.95. The molecule has 0 aromatic heterocycles. The molecule has 0 aliphatic carbocycles. The Bertz CT molecular complexity index is 286. The van der Waals surface area contributed by atoms with Gasteiger partial charge < -0.3 is 10.5 Å². The van der Waals surface area contributed by atoms with Crippen molar-refractivity contribution in [2.45, 2.75) is 30.7 Å². The third-order valence-corrected chi connectivity index (χ3v) is 3.61. The molecular formula is C13H21NOS. The molecule has 0 aliphatic heterocycles. The van der Waals surface area contributed by atoms with Gasteiger partial charge in [0, 0.05) is 30.4 Å². The first-order valence-corrected chi connectivity index (χ1v) is 6.73. The third kappa shape index (κ3) is 4.56. The van der Waals surface area contributed by atoms with Crippen molar-refractivity contribution in [2.75, 3.05) is 19.5 Å². The summed E-state index contributed by atoms with van der Waals surface area (Å²) in [5, 5.41) is 0. The molecule has 90 valence electrons. The average molecular weight is 239 g/mol. The molecule has 1 rings (SSSR count). The molecule has 0 bridgehead atoms. The van der Waals surface area contributed by atoms with Crippen molar-refractivity contribution in [2.24, 2.45) is 5.73 Å². The van der Waals surface area contributed by atoms with Crippen LogP contribution in [-0.4, -0.2) is 19.5 Å². The molecule has 2 N–H and O–H groups in total. The van der Waals surface area contributed by atoms with Gasteiger partial charge in [-0.25, -0.2) is 0 Å². The summed E-state index contributed by atoms with van der Waals surface area (Å²) in [5.74, 6) is 1.10. The van der Waals surface area contributed by atoms with Crippen molar-refractivity contribution >= 4 is 11.8 Å². The molecule has 0 heterocycles. The van der Waals surface area contributed by atoms with Gasteiger partial charge in [0.2, 0.25) is 0 Å². The first-order valence-electron chi connectivity index (χ1n) is 5.75. The zero-order chi connectivity index (χ0) is 11.8. The monoisotopic (exact) mass is 239 g/mol. The number of ether oxygens (including phenoxy) is 1. The summed E-state index contributed by atoms with van der Waals surface area (Å²) in [5.41, 5.74) is 7.19. The highest BCUT2D eigenvalue weighted by molar-refractivity contribution is 7.99. The smallest absolute Gasteiger partial charge is 0.0470 e. The van der Waals surface area contributed by atoms with Gasteiger partial charge >= 0.3 is 0 Å². The second kappa shape index (κ2) is 7.71. The standard InChI is InChI=1S/C13H21NOS/c1-3-13(14)11-5-7-12(8-6-11)16-10-4-9-15-2/h5-8,13H,3-4,9-10,14H2,1-2H3. The van der Waals surface area contributed by atoms with Gasteiger partial charge in [0.05, 0.1) is 0 Å². The van der Waals surface area contributed by atoms with E-state index in [0.29, 0.717) is 0 Å². The molecule has 3 heteroatoms. The predicted molar refractivity (Wildman–Crippen MR) is 70.9 cm³/mol. The van der Waals surface area contributed by atoms with Gasteiger partial charge in [-0.05, 0) is 30.5 Å². The van der Waals surface area contributed by atoms with E-state index in [1.807, 2.05) is 11.8 Å². The van der Waals surface area contributed by atoms with Gasteiger partial charge in [-0.15, -0.1) is 11.8 Å². The van der Waals surface area contributed by atoms with Crippen LogP contribution in [0.15, 0.2) is 29.2 Å². The molecule has 1 aromatic rings. The first kappa shape index (κ1) is 13.6. The van der Waals surface area contributed by atoms with Crippen molar-refractivity contribution in [3.8, 4) is 0 Å². The van der Waals surface area contributed by atoms with Crippen molar-refractivity contribution in [1.29, 1.82) is 0 Å². The van der Waals surface area contributed by atoms with Gasteiger partial charge in [0.15, 0.2) is 0 Å². The van der Waals surface area contributed by atoms with E-state index in [-0.39, 0.29) is 6.04 Å². The number of hydrogen-bond acceptors (Lipinski definition) is 3. The molecule has 0 spiro atoms. The lowest BCUT2D eigenvalue weighted by Crippen LogP contribution is -2.07. The minimum Gasteiger partial charge on any atom is -0.385 e. The second-order valence-corrected chi connectivity index (χ2v) is 4.95. The second-order valence-electron chi connectivity index (χ2n) is 3.78. The van der Waals surface area contributed by atoms with Crippen molar-refractivity contribution in [3.63, 3.8) is 0 Å². The molecule has 1 aromatic carbocycles. The van der Waals surface area contributed by atoms with E-state index in [9.17, 15) is 0 Å². The zero-order valence-electron chi connectivity index (χ0n) is 10.1. The van der Waals surface area contributed by atoms with E-state index < -0.39 is 0 Å². The molecule has 0 aliphatic rings. The minimum absolute atomic E-state index is 0.174. The zero-order valence-corrected chi connectivity index (χ0v) is 10.9. The van der Waals surface area contributed by atoms with Crippen LogP contribution in [-0.2, 0) is 4.74 Å². The molecule has 0 saturated carbocycles. The normalized spacial score (nSPS) is 12.7. The number of benzene rings is 1. The Hall–Kier alpha value is -0.510. The van der Waals surface area contributed by atoms with Crippen LogP contribution in [0.25, 0.3) is 0 Å². The Morgan fingerprint density at radius 1 is 1.31 bits per heavy atom. The summed E-state index contributed by atoms with van der Waals surface area (Å²) in [6.07, 6.45) is 2.08. The Kier molecular flexibility index (Phi) is 6.53. The van der Waals surface area contributed by atoms with Gasteiger partial charge in [-0.1, -0.05) is 19.1 Å². The Morgan fingerprint density at radius 2 is 2.00 bits per heavy atom. The number of methoxy groups -OCH3 is 1. The molecule has 1 unspecified atom stereocenters. The molecule has 0 radical (unpaired) electrons. The molecule has 0 amide bonds. The quantitative estimate of drug-likeness (QED) is 0.586. The van der Waals surface area contributed by atoms with Crippen molar-refractivity contribution < 1.29 is 4.74 Å². The Labute approximate surface area is 103 Å². The highest BCUT2D eigenvalue weighted by Crippen LogP contribution is 2.21. The summed E-state index contributed by atoms with van der Waals surface area (Å²) in [7, 11) is 1.74. The molecule has 2 nitrogen and oxygen atoms in total. The maximum absolute atomic E-state index is 5.96. The predicted octanol–water partition coefficient (Wildman–Crippen LogP) is 3.23. The van der Waals surface area contributed by atoms with E-state index >= 15 is 0 Å². The summed E-state index contributed by atoms with van der Waals surface area (Å²) < 4.78 is 5.02. The maximum atomic E-state index is 5.96. The van der Waals surface area contributed by atoms with E-state index in [2.05, 4.69) is 31.2 Å². The Morgan fingerprint density at radius 3 is 2.56 bits per heavy atom. The van der Waals surface area contributed by atoms with E-state index in [1.54, 1.807) is 7.11 Å². The van der Waals surface area contributed by atoms with E-state index in [0.717, 1.165) is 25.2 Å². The van der Waals surface area contributed by atoms with Crippen LogP contribution in [0.1, 0.15) is 31.4 Å². The van der Waals surface area contributed by atoms with Gasteiger partial charge in [-0.3, -0.25) is 0 Å². The molecule has 0 fully saturated rings. The van der Waals surface area contributed by atoms with Crippen LogP contribution in [0.3, 0.4) is 0 Å². The van der Waals surface area contributed by atoms with Crippen LogP contribution in [0.5, 0.6) is 0 Å². The summed E-state index contributed by atoms with van der Waals surface area (Å²) in [6, 6.07) is 8.75. The fraction of sp³-hybridized carbons (Fsp3) is 0.538. The molecule has 0 saturated heterocycles. The molecule has 16 heavy (non-hydrogen) atoms. The highest BCUT2D eigenvalue weighted by Gasteiger charge is 2.02. The lowest BCUT2D eigenvalue weighted by Gasteiger charge is -2.09. The van der Waals surface area contributed by atoms with Crippen LogP contribution >= 0.6 is 11.8 Å². The lowest BCUT2D eigenvalue weighted by atomic mass is 10.1. The Balaban J connectivity index is 2.39. The summed E-state index contributed by atoms with van der Waals surface area (Å²) in [4.78, 5) is 1.31. The fourth-order valence-corrected chi connectivity index (χ4v) is 2.27. The van der Waals surface area contributed by atoms with Crippen LogP contribution in [0.2, 0.25) is 0 Å². The fourth-order valence-electron chi connectivity index (χ4n) is 1.44. The maximum Gasteiger partial charge on any atom is 0.0470 e. The van der Waals surface area contributed by atoms with Crippen LogP contribution in [0, 0.1) is 0 Å². The number of nitrogens with two attached hydrogens (primary N) is 1. The van der Waals surface area contributed by atoms with Gasteiger partial charge in [0.25, 0.3) is 0 Å². The number of thioether (sulfide) groups is 1. The van der Waals surface area contributed by atoms with Gasteiger partial charge in [0.1, 0.15) is 0 Å². The molecular weight excluding hydrogens is 218 g/mol. The summed E-state index contributed by atoms with van der Waals surface area (Å²) >= 11 is 1.87. The number of rotatable bonds is 7. The topological polar surface area (TPSA) is 35.2 Å². The van der Waals surface area contributed by atoms with Crippen LogP contribution in [0.4, 0.5) is 0 Å². The van der Waals surface area contributed by atoms with E-state index in [1.165, 1.54) is 10.5 Å². The van der Waals surface area contributed by atoms with Crippen LogP contribution < -0.4 is 5.73 Å².